The summed E-state index contributed by atoms with van der Waals surface area (Å²) >= 11 is 3.41. The molecule has 0 saturated carbocycles. The number of piperidine rings is 1. The van der Waals surface area contributed by atoms with Gasteiger partial charge in [-0.25, -0.2) is 0 Å². The van der Waals surface area contributed by atoms with Crippen LogP contribution in [-0.2, 0) is 4.74 Å². The molecule has 6 nitrogen and oxygen atoms in total. The molecule has 0 bridgehead atoms. The van der Waals surface area contributed by atoms with Crippen molar-refractivity contribution in [2.75, 3.05) is 26.2 Å². The first kappa shape index (κ1) is 22.9. The number of rotatable bonds is 10. The number of hydrogen-bond donors (Lipinski definition) is 0. The Kier molecular flexibility index (Phi) is 7.91. The summed E-state index contributed by atoms with van der Waals surface area (Å²) in [5.41, 5.74) is 3.36. The average Bonchev–Trinajstić information content (AvgIpc) is 3.51. The van der Waals surface area contributed by atoms with Gasteiger partial charge < -0.3 is 14.4 Å². The Morgan fingerprint density at radius 2 is 1.81 bits per heavy atom. The van der Waals surface area contributed by atoms with Gasteiger partial charge in [0.15, 0.2) is 5.75 Å². The summed E-state index contributed by atoms with van der Waals surface area (Å²) in [4.78, 5) is 13.3. The Morgan fingerprint density at radius 3 is 2.41 bits per heavy atom. The second kappa shape index (κ2) is 11.0. The van der Waals surface area contributed by atoms with E-state index in [0.717, 1.165) is 44.5 Å². The van der Waals surface area contributed by atoms with Gasteiger partial charge in [-0.1, -0.05) is 6.07 Å². The lowest BCUT2D eigenvalue weighted by Crippen LogP contribution is -2.38. The SMILES string of the molecule is Cc1ccc(OCCCN2CCC(OC(c3ccsc3)c3ccsc3)CC2)c([N+](=O)[O-])c1. The fourth-order valence-electron chi connectivity index (χ4n) is 4.02. The summed E-state index contributed by atoms with van der Waals surface area (Å²) in [5.74, 6) is 0.348. The minimum atomic E-state index is -0.382. The van der Waals surface area contributed by atoms with E-state index in [0.29, 0.717) is 12.4 Å². The molecule has 0 aliphatic carbocycles. The minimum absolute atomic E-state index is 0.0164. The number of ether oxygens (including phenoxy) is 2. The number of thiophene rings is 2. The summed E-state index contributed by atoms with van der Waals surface area (Å²) < 4.78 is 12.3. The number of likely N-dealkylation sites (tertiary alicyclic amines) is 1. The van der Waals surface area contributed by atoms with Crippen molar-refractivity contribution >= 4 is 28.4 Å². The molecule has 8 heteroatoms. The van der Waals surface area contributed by atoms with Crippen molar-refractivity contribution in [3.8, 4) is 5.75 Å². The molecule has 0 atom stereocenters. The van der Waals surface area contributed by atoms with E-state index in [1.807, 2.05) is 13.0 Å². The molecule has 1 saturated heterocycles. The molecule has 0 radical (unpaired) electrons. The second-order valence-electron chi connectivity index (χ2n) is 8.10. The molecule has 170 valence electrons. The quantitative estimate of drug-likeness (QED) is 0.204. The van der Waals surface area contributed by atoms with Crippen LogP contribution in [0.15, 0.2) is 51.9 Å². The maximum atomic E-state index is 11.2. The fraction of sp³-hybridized carbons (Fsp3) is 0.417. The fourth-order valence-corrected chi connectivity index (χ4v) is 5.37. The monoisotopic (exact) mass is 472 g/mol. The lowest BCUT2D eigenvalue weighted by molar-refractivity contribution is -0.385. The Morgan fingerprint density at radius 1 is 1.12 bits per heavy atom. The van der Waals surface area contributed by atoms with E-state index in [2.05, 4.69) is 38.6 Å². The molecule has 0 amide bonds. The molecular weight excluding hydrogens is 444 g/mol. The maximum Gasteiger partial charge on any atom is 0.311 e. The molecule has 0 N–H and O–H groups in total. The summed E-state index contributed by atoms with van der Waals surface area (Å²) in [7, 11) is 0. The number of hydrogen-bond acceptors (Lipinski definition) is 7. The van der Waals surface area contributed by atoms with Crippen LogP contribution in [0.1, 0.15) is 42.1 Å². The lowest BCUT2D eigenvalue weighted by atomic mass is 10.0. The summed E-state index contributed by atoms with van der Waals surface area (Å²) in [6.45, 7) is 5.22. The molecule has 4 rings (SSSR count). The Balaban J connectivity index is 1.21. The van der Waals surface area contributed by atoms with Crippen molar-refractivity contribution in [1.82, 2.24) is 4.90 Å². The summed E-state index contributed by atoms with van der Waals surface area (Å²) in [5, 5.41) is 19.8. The standard InChI is InChI=1S/C24H28N2O4S2/c1-18-3-4-23(22(15-18)26(27)28)29-12-2-9-25-10-5-21(6-11-25)30-24(19-7-13-31-16-19)20-8-14-32-17-20/h3-4,7-8,13-17,21,24H,2,5-6,9-12H2,1H3. The highest BCUT2D eigenvalue weighted by Crippen LogP contribution is 2.32. The molecule has 2 aromatic heterocycles. The average molecular weight is 473 g/mol. The van der Waals surface area contributed by atoms with Crippen molar-refractivity contribution in [2.45, 2.75) is 38.4 Å². The second-order valence-corrected chi connectivity index (χ2v) is 9.66. The van der Waals surface area contributed by atoms with Gasteiger partial charge in [0.05, 0.1) is 17.6 Å². The number of aryl methyl sites for hydroxylation is 1. The normalized spacial score (nSPS) is 15.3. The third-order valence-corrected chi connectivity index (χ3v) is 7.15. The first-order valence-electron chi connectivity index (χ1n) is 10.9. The van der Waals surface area contributed by atoms with E-state index < -0.39 is 0 Å². The molecule has 1 fully saturated rings. The van der Waals surface area contributed by atoms with Gasteiger partial charge in [0, 0.05) is 25.7 Å². The molecule has 0 unspecified atom stereocenters. The van der Waals surface area contributed by atoms with Crippen molar-refractivity contribution in [2.24, 2.45) is 0 Å². The predicted molar refractivity (Wildman–Crippen MR) is 129 cm³/mol. The van der Waals surface area contributed by atoms with Crippen molar-refractivity contribution in [3.63, 3.8) is 0 Å². The zero-order valence-electron chi connectivity index (χ0n) is 18.1. The van der Waals surface area contributed by atoms with E-state index in [1.54, 1.807) is 34.8 Å². The van der Waals surface area contributed by atoms with Crippen LogP contribution in [0.5, 0.6) is 5.75 Å². The van der Waals surface area contributed by atoms with E-state index in [9.17, 15) is 10.1 Å². The van der Waals surface area contributed by atoms with Gasteiger partial charge in [-0.3, -0.25) is 10.1 Å². The first-order valence-corrected chi connectivity index (χ1v) is 12.8. The molecular formula is C24H28N2O4S2. The van der Waals surface area contributed by atoms with E-state index >= 15 is 0 Å². The Bertz CT molecular complexity index is 949. The maximum absolute atomic E-state index is 11.2. The molecule has 1 aromatic carbocycles. The zero-order chi connectivity index (χ0) is 22.3. The zero-order valence-corrected chi connectivity index (χ0v) is 19.8. The van der Waals surface area contributed by atoms with Gasteiger partial charge >= 0.3 is 5.69 Å². The van der Waals surface area contributed by atoms with E-state index in [1.165, 1.54) is 11.1 Å². The van der Waals surface area contributed by atoms with Gasteiger partial charge in [0.2, 0.25) is 0 Å². The van der Waals surface area contributed by atoms with Crippen molar-refractivity contribution in [1.29, 1.82) is 0 Å². The lowest BCUT2D eigenvalue weighted by Gasteiger charge is -2.33. The van der Waals surface area contributed by atoms with Crippen LogP contribution >= 0.6 is 22.7 Å². The van der Waals surface area contributed by atoms with Gasteiger partial charge in [-0.2, -0.15) is 22.7 Å². The number of nitro groups is 1. The molecule has 32 heavy (non-hydrogen) atoms. The molecule has 3 aromatic rings. The molecule has 1 aliphatic heterocycles. The van der Waals surface area contributed by atoms with Crippen LogP contribution in [0, 0.1) is 17.0 Å². The molecule has 3 heterocycles. The van der Waals surface area contributed by atoms with Gasteiger partial charge in [0.25, 0.3) is 0 Å². The highest BCUT2D eigenvalue weighted by atomic mass is 32.1. The van der Waals surface area contributed by atoms with Crippen LogP contribution in [0.2, 0.25) is 0 Å². The topological polar surface area (TPSA) is 64.8 Å². The largest absolute Gasteiger partial charge is 0.487 e. The smallest absolute Gasteiger partial charge is 0.311 e. The number of nitro benzene ring substituents is 1. The highest BCUT2D eigenvalue weighted by Gasteiger charge is 2.25. The first-order chi connectivity index (χ1) is 15.6. The summed E-state index contributed by atoms with van der Waals surface area (Å²) in [6, 6.07) is 9.39. The molecule has 0 spiro atoms. The van der Waals surface area contributed by atoms with Gasteiger partial charge in [-0.05, 0) is 82.6 Å². The summed E-state index contributed by atoms with van der Waals surface area (Å²) in [6.07, 6.45) is 3.12. The van der Waals surface area contributed by atoms with E-state index in [4.69, 9.17) is 9.47 Å². The Labute approximate surface area is 196 Å². The van der Waals surface area contributed by atoms with Gasteiger partial charge in [-0.15, -0.1) is 0 Å². The third-order valence-electron chi connectivity index (χ3n) is 5.74. The van der Waals surface area contributed by atoms with Crippen LogP contribution in [0.3, 0.4) is 0 Å². The third kappa shape index (κ3) is 5.95. The van der Waals surface area contributed by atoms with Crippen LogP contribution in [0.4, 0.5) is 5.69 Å². The van der Waals surface area contributed by atoms with Crippen LogP contribution in [0.25, 0.3) is 0 Å². The van der Waals surface area contributed by atoms with Gasteiger partial charge in [0.1, 0.15) is 6.10 Å². The van der Waals surface area contributed by atoms with E-state index in [-0.39, 0.29) is 22.8 Å². The minimum Gasteiger partial charge on any atom is -0.487 e. The molecule has 1 aliphatic rings. The van der Waals surface area contributed by atoms with Crippen LogP contribution in [-0.4, -0.2) is 42.2 Å². The highest BCUT2D eigenvalue weighted by molar-refractivity contribution is 7.08. The number of nitrogens with zero attached hydrogens (tertiary/aromatic N) is 2. The predicted octanol–water partition coefficient (Wildman–Crippen LogP) is 6.07. The number of benzene rings is 1. The van der Waals surface area contributed by atoms with Crippen molar-refractivity contribution in [3.05, 3.63) is 78.7 Å². The van der Waals surface area contributed by atoms with Crippen molar-refractivity contribution < 1.29 is 14.4 Å². The van der Waals surface area contributed by atoms with Crippen LogP contribution < -0.4 is 4.74 Å². The Hall–Kier alpha value is -2.26.